The topological polar surface area (TPSA) is 66.4 Å². The predicted molar refractivity (Wildman–Crippen MR) is 70.4 cm³/mol. The summed E-state index contributed by atoms with van der Waals surface area (Å²) in [5.74, 6) is -1.50. The van der Waals surface area contributed by atoms with Crippen LogP contribution in [0.2, 0.25) is 0 Å². The lowest BCUT2D eigenvalue weighted by Gasteiger charge is -2.17. The van der Waals surface area contributed by atoms with Crippen molar-refractivity contribution in [3.63, 3.8) is 0 Å². The Hall–Kier alpha value is -1.36. The zero-order valence-electron chi connectivity index (χ0n) is 9.73. The van der Waals surface area contributed by atoms with Gasteiger partial charge in [-0.05, 0) is 31.0 Å². The Bertz CT molecular complexity index is 475. The molecule has 1 aliphatic rings. The highest BCUT2D eigenvalue weighted by molar-refractivity contribution is 9.10. The summed E-state index contributed by atoms with van der Waals surface area (Å²) in [6.07, 6.45) is 2.22. The monoisotopic (exact) mass is 311 g/mol. The van der Waals surface area contributed by atoms with Gasteiger partial charge in [0.25, 0.3) is 5.91 Å². The fourth-order valence-electron chi connectivity index (χ4n) is 2.31. The van der Waals surface area contributed by atoms with Crippen molar-refractivity contribution in [1.29, 1.82) is 0 Å². The van der Waals surface area contributed by atoms with E-state index in [1.807, 2.05) is 6.07 Å². The number of carbonyl (C=O) groups is 2. The molecule has 1 aromatic rings. The number of carboxylic acids is 1. The Labute approximate surface area is 114 Å². The molecule has 0 bridgehead atoms. The first-order chi connectivity index (χ1) is 8.58. The van der Waals surface area contributed by atoms with Crippen LogP contribution in [0, 0.1) is 5.92 Å². The molecule has 18 heavy (non-hydrogen) atoms. The van der Waals surface area contributed by atoms with Crippen LogP contribution in [0.25, 0.3) is 0 Å². The fourth-order valence-corrected chi connectivity index (χ4v) is 2.71. The molecule has 2 N–H and O–H groups in total. The van der Waals surface area contributed by atoms with Gasteiger partial charge in [0.15, 0.2) is 0 Å². The van der Waals surface area contributed by atoms with E-state index in [1.54, 1.807) is 18.2 Å². The second-order valence-corrected chi connectivity index (χ2v) is 5.38. The van der Waals surface area contributed by atoms with Crippen molar-refractivity contribution in [2.45, 2.75) is 25.3 Å². The standard InChI is InChI=1S/C13H14BrNO3/c14-9-4-1-3-8(7-9)12(16)15-11-6-2-5-10(11)13(17)18/h1,3-4,7,10-11H,2,5-6H2,(H,15,16)(H,17,18). The lowest BCUT2D eigenvalue weighted by atomic mass is 10.0. The first kappa shape index (κ1) is 13.1. The molecule has 1 amide bonds. The van der Waals surface area contributed by atoms with Crippen LogP contribution >= 0.6 is 15.9 Å². The minimum Gasteiger partial charge on any atom is -0.481 e. The summed E-state index contributed by atoms with van der Waals surface area (Å²) in [5.41, 5.74) is 0.542. The third-order valence-electron chi connectivity index (χ3n) is 3.24. The van der Waals surface area contributed by atoms with E-state index in [2.05, 4.69) is 21.2 Å². The van der Waals surface area contributed by atoms with E-state index in [-0.39, 0.29) is 11.9 Å². The van der Waals surface area contributed by atoms with Crippen LogP contribution in [0.15, 0.2) is 28.7 Å². The van der Waals surface area contributed by atoms with E-state index in [0.29, 0.717) is 12.0 Å². The second kappa shape index (κ2) is 5.52. The molecule has 96 valence electrons. The molecule has 0 spiro atoms. The molecule has 1 saturated carbocycles. The van der Waals surface area contributed by atoms with Gasteiger partial charge < -0.3 is 10.4 Å². The number of aliphatic carboxylic acids is 1. The molecule has 1 aliphatic carbocycles. The summed E-state index contributed by atoms with van der Waals surface area (Å²) in [7, 11) is 0. The van der Waals surface area contributed by atoms with E-state index < -0.39 is 11.9 Å². The number of benzene rings is 1. The molecule has 4 nitrogen and oxygen atoms in total. The summed E-state index contributed by atoms with van der Waals surface area (Å²) in [6, 6.07) is 6.80. The molecule has 0 radical (unpaired) electrons. The smallest absolute Gasteiger partial charge is 0.308 e. The van der Waals surface area contributed by atoms with Gasteiger partial charge in [-0.25, -0.2) is 0 Å². The van der Waals surface area contributed by atoms with Gasteiger partial charge in [-0.1, -0.05) is 28.4 Å². The Balaban J connectivity index is 2.05. The highest BCUT2D eigenvalue weighted by atomic mass is 79.9. The zero-order valence-corrected chi connectivity index (χ0v) is 11.3. The summed E-state index contributed by atoms with van der Waals surface area (Å²) >= 11 is 3.30. The van der Waals surface area contributed by atoms with E-state index >= 15 is 0 Å². The summed E-state index contributed by atoms with van der Waals surface area (Å²) in [5, 5.41) is 11.9. The van der Waals surface area contributed by atoms with E-state index in [9.17, 15) is 9.59 Å². The molecule has 1 aromatic carbocycles. The maximum absolute atomic E-state index is 12.0. The van der Waals surface area contributed by atoms with Crippen LogP contribution in [-0.4, -0.2) is 23.0 Å². The van der Waals surface area contributed by atoms with Crippen molar-refractivity contribution in [1.82, 2.24) is 5.32 Å². The van der Waals surface area contributed by atoms with Crippen molar-refractivity contribution >= 4 is 27.8 Å². The highest BCUT2D eigenvalue weighted by Gasteiger charge is 2.33. The lowest BCUT2D eigenvalue weighted by molar-refractivity contribution is -0.142. The molecule has 0 heterocycles. The van der Waals surface area contributed by atoms with Crippen LogP contribution in [-0.2, 0) is 4.79 Å². The minimum absolute atomic E-state index is 0.213. The van der Waals surface area contributed by atoms with Crippen LogP contribution in [0.3, 0.4) is 0 Å². The molecule has 2 rings (SSSR count). The Morgan fingerprint density at radius 1 is 1.33 bits per heavy atom. The maximum atomic E-state index is 12.0. The molecule has 2 unspecified atom stereocenters. The molecule has 2 atom stereocenters. The van der Waals surface area contributed by atoms with Gasteiger partial charge in [-0.15, -0.1) is 0 Å². The normalized spacial score (nSPS) is 22.7. The van der Waals surface area contributed by atoms with Crippen LogP contribution in [0.4, 0.5) is 0 Å². The van der Waals surface area contributed by atoms with Crippen molar-refractivity contribution in [3.8, 4) is 0 Å². The number of halogens is 1. The van der Waals surface area contributed by atoms with Gasteiger partial charge in [0, 0.05) is 16.1 Å². The molecule has 1 fully saturated rings. The summed E-state index contributed by atoms with van der Waals surface area (Å²) in [6.45, 7) is 0. The third kappa shape index (κ3) is 2.90. The average molecular weight is 312 g/mol. The van der Waals surface area contributed by atoms with Crippen LogP contribution < -0.4 is 5.32 Å². The number of nitrogens with one attached hydrogen (secondary N) is 1. The maximum Gasteiger partial charge on any atom is 0.308 e. The fraction of sp³-hybridized carbons (Fsp3) is 0.385. The molecule has 0 aromatic heterocycles. The molecule has 5 heteroatoms. The number of rotatable bonds is 3. The van der Waals surface area contributed by atoms with Crippen LogP contribution in [0.1, 0.15) is 29.6 Å². The number of carboxylic acid groups (broad SMARTS) is 1. The van der Waals surface area contributed by atoms with Crippen molar-refractivity contribution in [3.05, 3.63) is 34.3 Å². The van der Waals surface area contributed by atoms with Gasteiger partial charge in [0.2, 0.25) is 0 Å². The van der Waals surface area contributed by atoms with Gasteiger partial charge in [0.05, 0.1) is 5.92 Å². The number of hydrogen-bond acceptors (Lipinski definition) is 2. The Morgan fingerprint density at radius 3 is 2.78 bits per heavy atom. The number of hydrogen-bond donors (Lipinski definition) is 2. The van der Waals surface area contributed by atoms with Gasteiger partial charge in [-0.3, -0.25) is 9.59 Å². The summed E-state index contributed by atoms with van der Waals surface area (Å²) < 4.78 is 0.830. The molecular weight excluding hydrogens is 298 g/mol. The zero-order chi connectivity index (χ0) is 13.1. The van der Waals surface area contributed by atoms with Gasteiger partial charge in [-0.2, -0.15) is 0 Å². The van der Waals surface area contributed by atoms with E-state index in [1.165, 1.54) is 0 Å². The second-order valence-electron chi connectivity index (χ2n) is 4.47. The molecular formula is C13H14BrNO3. The lowest BCUT2D eigenvalue weighted by Crippen LogP contribution is -2.40. The molecule has 0 aliphatic heterocycles. The summed E-state index contributed by atoms with van der Waals surface area (Å²) in [4.78, 5) is 23.0. The Morgan fingerprint density at radius 2 is 2.11 bits per heavy atom. The van der Waals surface area contributed by atoms with Crippen molar-refractivity contribution in [2.75, 3.05) is 0 Å². The van der Waals surface area contributed by atoms with Crippen molar-refractivity contribution in [2.24, 2.45) is 5.92 Å². The largest absolute Gasteiger partial charge is 0.481 e. The number of amides is 1. The first-order valence-corrected chi connectivity index (χ1v) is 6.66. The predicted octanol–water partition coefficient (Wildman–Crippen LogP) is 2.43. The van der Waals surface area contributed by atoms with Gasteiger partial charge >= 0.3 is 5.97 Å². The quantitative estimate of drug-likeness (QED) is 0.901. The SMILES string of the molecule is O=C(NC1CCCC1C(=O)O)c1cccc(Br)c1. The molecule has 0 saturated heterocycles. The van der Waals surface area contributed by atoms with Crippen molar-refractivity contribution < 1.29 is 14.7 Å². The minimum atomic E-state index is -0.827. The first-order valence-electron chi connectivity index (χ1n) is 5.87. The third-order valence-corrected chi connectivity index (χ3v) is 3.73. The van der Waals surface area contributed by atoms with Gasteiger partial charge in [0.1, 0.15) is 0 Å². The van der Waals surface area contributed by atoms with E-state index in [4.69, 9.17) is 5.11 Å². The Kier molecular flexibility index (Phi) is 4.01. The average Bonchev–Trinajstić information content (AvgIpc) is 2.77. The number of carbonyl (C=O) groups excluding carboxylic acids is 1. The highest BCUT2D eigenvalue weighted by Crippen LogP contribution is 2.26. The van der Waals surface area contributed by atoms with Crippen LogP contribution in [0.5, 0.6) is 0 Å². The van der Waals surface area contributed by atoms with E-state index in [0.717, 1.165) is 17.3 Å².